The Balaban J connectivity index is 2.13. The zero-order valence-corrected chi connectivity index (χ0v) is 16.3. The van der Waals surface area contributed by atoms with Crippen LogP contribution in [-0.2, 0) is 14.4 Å². The van der Waals surface area contributed by atoms with Gasteiger partial charge in [-0.2, -0.15) is 0 Å². The van der Waals surface area contributed by atoms with Crippen molar-refractivity contribution in [1.29, 1.82) is 0 Å². The third kappa shape index (κ3) is 5.61. The lowest BCUT2D eigenvalue weighted by Crippen LogP contribution is -2.54. The van der Waals surface area contributed by atoms with Crippen LogP contribution in [0.3, 0.4) is 0 Å². The molecule has 1 aromatic heterocycles. The van der Waals surface area contributed by atoms with Crippen molar-refractivity contribution in [2.45, 2.75) is 45.3 Å². The van der Waals surface area contributed by atoms with Crippen LogP contribution < -0.4 is 16.4 Å². The Kier molecular flexibility index (Phi) is 7.05. The lowest BCUT2D eigenvalue weighted by molar-refractivity contribution is -0.137. The number of rotatable bonds is 9. The van der Waals surface area contributed by atoms with E-state index >= 15 is 0 Å². The van der Waals surface area contributed by atoms with E-state index in [0.29, 0.717) is 11.1 Å². The molecule has 1 aromatic carbocycles. The van der Waals surface area contributed by atoms with Crippen LogP contribution in [0.25, 0.3) is 11.1 Å². The number of aliphatic carboxylic acids is 1. The third-order valence-corrected chi connectivity index (χ3v) is 4.29. The number of carboxylic acids is 1. The van der Waals surface area contributed by atoms with Gasteiger partial charge in [0.25, 0.3) is 5.89 Å². The maximum Gasteiger partial charge on any atom is 0.305 e. The van der Waals surface area contributed by atoms with E-state index in [-0.39, 0.29) is 11.8 Å². The molecule has 0 aliphatic heterocycles. The Morgan fingerprint density at radius 1 is 1.10 bits per heavy atom. The molecule has 156 valence electrons. The number of hydrogen-bond acceptors (Lipinski definition) is 7. The monoisotopic (exact) mass is 404 g/mol. The maximum absolute atomic E-state index is 12.7. The number of fused-ring (bicyclic) bond motifs is 1. The van der Waals surface area contributed by atoms with Gasteiger partial charge in [-0.05, 0) is 25.0 Å². The second kappa shape index (κ2) is 9.28. The van der Waals surface area contributed by atoms with Crippen molar-refractivity contribution in [1.82, 2.24) is 15.6 Å². The van der Waals surface area contributed by atoms with Gasteiger partial charge in [-0.25, -0.2) is 4.98 Å². The highest BCUT2D eigenvalue weighted by molar-refractivity contribution is 6.02. The fourth-order valence-corrected chi connectivity index (χ4v) is 2.49. The molecule has 2 aromatic rings. The number of carboxylic acid groups (broad SMARTS) is 1. The Morgan fingerprint density at radius 3 is 2.34 bits per heavy atom. The number of aromatic nitrogens is 1. The molecule has 2 amide bonds. The molecule has 10 heteroatoms. The number of hydrogen-bond donors (Lipinski definition) is 4. The average molecular weight is 404 g/mol. The van der Waals surface area contributed by atoms with E-state index in [1.165, 1.54) is 6.92 Å². The van der Waals surface area contributed by atoms with Crippen LogP contribution in [0.15, 0.2) is 28.7 Å². The van der Waals surface area contributed by atoms with Gasteiger partial charge in [0, 0.05) is 0 Å². The van der Waals surface area contributed by atoms with Gasteiger partial charge >= 0.3 is 5.97 Å². The number of ketones is 1. The van der Waals surface area contributed by atoms with Crippen molar-refractivity contribution >= 4 is 34.7 Å². The number of nitrogens with two attached hydrogens (primary N) is 1. The van der Waals surface area contributed by atoms with Crippen molar-refractivity contribution in [3.05, 3.63) is 30.2 Å². The number of para-hydroxylation sites is 2. The predicted molar refractivity (Wildman–Crippen MR) is 103 cm³/mol. The molecule has 29 heavy (non-hydrogen) atoms. The molecule has 0 spiro atoms. The summed E-state index contributed by atoms with van der Waals surface area (Å²) >= 11 is 0. The largest absolute Gasteiger partial charge is 0.481 e. The van der Waals surface area contributed by atoms with E-state index < -0.39 is 48.1 Å². The fourth-order valence-electron chi connectivity index (χ4n) is 2.49. The summed E-state index contributed by atoms with van der Waals surface area (Å²) in [6.45, 7) is 4.93. The number of nitrogens with zero attached hydrogens (tertiary/aromatic N) is 1. The predicted octanol–water partition coefficient (Wildman–Crippen LogP) is 0.458. The van der Waals surface area contributed by atoms with Crippen molar-refractivity contribution < 1.29 is 28.7 Å². The van der Waals surface area contributed by atoms with E-state index in [1.54, 1.807) is 38.1 Å². The first-order valence-corrected chi connectivity index (χ1v) is 9.08. The Morgan fingerprint density at radius 2 is 1.76 bits per heavy atom. The molecule has 0 fully saturated rings. The molecule has 3 unspecified atom stereocenters. The van der Waals surface area contributed by atoms with Crippen LogP contribution in [0.1, 0.15) is 37.9 Å². The zero-order valence-electron chi connectivity index (χ0n) is 16.3. The van der Waals surface area contributed by atoms with Crippen molar-refractivity contribution in [3.8, 4) is 0 Å². The molecular formula is C19H24N4O6. The number of carbonyl (C=O) groups is 4. The van der Waals surface area contributed by atoms with Crippen LogP contribution in [0.2, 0.25) is 0 Å². The molecule has 3 atom stereocenters. The van der Waals surface area contributed by atoms with Crippen LogP contribution in [-0.4, -0.2) is 51.8 Å². The Bertz CT molecular complexity index is 889. The zero-order chi connectivity index (χ0) is 21.7. The number of benzene rings is 1. The highest BCUT2D eigenvalue weighted by Gasteiger charge is 2.31. The van der Waals surface area contributed by atoms with Crippen LogP contribution in [0.4, 0.5) is 0 Å². The standard InChI is InChI=1S/C19H24N4O6/c1-9(2)15(20)18(28)21-10(3)17(27)22-12(8-14(24)25)16(26)19-23-11-6-4-5-7-13(11)29-19/h4-7,9-10,12,15H,8,20H2,1-3H3,(H,21,28)(H,22,27)(H,24,25). The van der Waals surface area contributed by atoms with Crippen LogP contribution in [0, 0.1) is 5.92 Å². The van der Waals surface area contributed by atoms with Gasteiger partial charge in [-0.15, -0.1) is 0 Å². The summed E-state index contributed by atoms with van der Waals surface area (Å²) in [4.78, 5) is 52.3. The molecule has 10 nitrogen and oxygen atoms in total. The number of oxazole rings is 1. The molecule has 0 aliphatic carbocycles. The van der Waals surface area contributed by atoms with E-state index in [1.807, 2.05) is 0 Å². The molecule has 0 bridgehead atoms. The Hall–Kier alpha value is -3.27. The lowest BCUT2D eigenvalue weighted by Gasteiger charge is -2.21. The molecule has 5 N–H and O–H groups in total. The summed E-state index contributed by atoms with van der Waals surface area (Å²) in [5, 5.41) is 13.9. The van der Waals surface area contributed by atoms with E-state index in [2.05, 4.69) is 15.6 Å². The third-order valence-electron chi connectivity index (χ3n) is 4.29. The molecule has 1 heterocycles. The minimum Gasteiger partial charge on any atom is -0.481 e. The highest BCUT2D eigenvalue weighted by atomic mass is 16.4. The molecule has 0 radical (unpaired) electrons. The summed E-state index contributed by atoms with van der Waals surface area (Å²) in [6.07, 6.45) is -0.671. The normalized spacial score (nSPS) is 14.2. The van der Waals surface area contributed by atoms with Gasteiger partial charge in [0.15, 0.2) is 5.58 Å². The van der Waals surface area contributed by atoms with Crippen molar-refractivity contribution in [2.75, 3.05) is 0 Å². The second-order valence-electron chi connectivity index (χ2n) is 7.01. The molecular weight excluding hydrogens is 380 g/mol. The minimum absolute atomic E-state index is 0.134. The molecule has 0 saturated carbocycles. The number of nitrogens with one attached hydrogen (secondary N) is 2. The first kappa shape index (κ1) is 22.0. The first-order chi connectivity index (χ1) is 13.6. The summed E-state index contributed by atoms with van der Waals surface area (Å²) in [5.74, 6) is -3.78. The molecule has 2 rings (SSSR count). The fraction of sp³-hybridized carbons (Fsp3) is 0.421. The lowest BCUT2D eigenvalue weighted by atomic mass is 10.0. The van der Waals surface area contributed by atoms with E-state index in [9.17, 15) is 19.2 Å². The Labute approximate surface area is 166 Å². The highest BCUT2D eigenvalue weighted by Crippen LogP contribution is 2.16. The maximum atomic E-state index is 12.7. The topological polar surface area (TPSA) is 165 Å². The minimum atomic E-state index is -1.41. The summed E-state index contributed by atoms with van der Waals surface area (Å²) in [7, 11) is 0. The SMILES string of the molecule is CC(NC(=O)C(N)C(C)C)C(=O)NC(CC(=O)O)C(=O)c1nc2ccccc2o1. The second-order valence-corrected chi connectivity index (χ2v) is 7.01. The number of amides is 2. The van der Waals surface area contributed by atoms with Gasteiger partial charge in [0.1, 0.15) is 17.6 Å². The van der Waals surface area contributed by atoms with Crippen LogP contribution in [0.5, 0.6) is 0 Å². The quantitative estimate of drug-likeness (QED) is 0.438. The molecule has 0 aliphatic rings. The van der Waals surface area contributed by atoms with E-state index in [4.69, 9.17) is 15.3 Å². The van der Waals surface area contributed by atoms with Gasteiger partial charge < -0.3 is 25.9 Å². The summed E-state index contributed by atoms with van der Waals surface area (Å²) in [6, 6.07) is 3.41. The smallest absolute Gasteiger partial charge is 0.305 e. The number of Topliss-reactive ketones (excluding diaryl/α,β-unsaturated/α-hetero) is 1. The van der Waals surface area contributed by atoms with E-state index in [0.717, 1.165) is 0 Å². The van der Waals surface area contributed by atoms with Gasteiger partial charge in [-0.1, -0.05) is 26.0 Å². The summed E-state index contributed by atoms with van der Waals surface area (Å²) in [5.41, 5.74) is 6.53. The molecule has 0 saturated heterocycles. The first-order valence-electron chi connectivity index (χ1n) is 9.08. The van der Waals surface area contributed by atoms with Gasteiger partial charge in [-0.3, -0.25) is 19.2 Å². The van der Waals surface area contributed by atoms with Crippen molar-refractivity contribution in [2.24, 2.45) is 11.7 Å². The average Bonchev–Trinajstić information content (AvgIpc) is 3.09. The van der Waals surface area contributed by atoms with Gasteiger partial charge in [0.2, 0.25) is 17.6 Å². The summed E-state index contributed by atoms with van der Waals surface area (Å²) < 4.78 is 5.37. The van der Waals surface area contributed by atoms with Crippen LogP contribution >= 0.6 is 0 Å². The van der Waals surface area contributed by atoms with Gasteiger partial charge in [0.05, 0.1) is 12.5 Å². The van der Waals surface area contributed by atoms with Crippen molar-refractivity contribution in [3.63, 3.8) is 0 Å². The number of carbonyl (C=O) groups excluding carboxylic acids is 3.